The molecule has 0 saturated heterocycles. The van der Waals surface area contributed by atoms with Crippen LogP contribution >= 0.6 is 0 Å². The highest BCUT2D eigenvalue weighted by atomic mass is 32.2. The van der Waals surface area contributed by atoms with E-state index in [4.69, 9.17) is 0 Å². The number of rotatable bonds is 7. The van der Waals surface area contributed by atoms with Crippen molar-refractivity contribution in [2.24, 2.45) is 0 Å². The molecule has 0 heterocycles. The molecule has 0 radical (unpaired) electrons. The van der Waals surface area contributed by atoms with E-state index in [1.165, 1.54) is 6.26 Å². The summed E-state index contributed by atoms with van der Waals surface area (Å²) in [6, 6.07) is 7.28. The van der Waals surface area contributed by atoms with Crippen molar-refractivity contribution in [1.82, 2.24) is 5.32 Å². The zero-order valence-electron chi connectivity index (χ0n) is 10.9. The van der Waals surface area contributed by atoms with Crippen LogP contribution in [0.1, 0.15) is 31.4 Å². The second-order valence-corrected chi connectivity index (χ2v) is 6.72. The van der Waals surface area contributed by atoms with Crippen molar-refractivity contribution in [1.29, 1.82) is 0 Å². The van der Waals surface area contributed by atoms with Crippen molar-refractivity contribution in [3.05, 3.63) is 29.8 Å². The number of hydrogen-bond acceptors (Lipinski definition) is 4. The molecule has 0 aromatic heterocycles. The van der Waals surface area contributed by atoms with Gasteiger partial charge in [-0.15, -0.1) is 0 Å². The minimum absolute atomic E-state index is 0.0609. The highest BCUT2D eigenvalue weighted by molar-refractivity contribution is 7.90. The summed E-state index contributed by atoms with van der Waals surface area (Å²) < 4.78 is 22.0. The molecule has 1 atom stereocenters. The van der Waals surface area contributed by atoms with Crippen LogP contribution in [-0.4, -0.2) is 32.1 Å². The van der Waals surface area contributed by atoms with Crippen molar-refractivity contribution < 1.29 is 13.5 Å². The average Bonchev–Trinajstić information content (AvgIpc) is 2.29. The van der Waals surface area contributed by atoms with Crippen molar-refractivity contribution in [2.75, 3.05) is 18.6 Å². The predicted molar refractivity (Wildman–Crippen MR) is 73.5 cm³/mol. The summed E-state index contributed by atoms with van der Waals surface area (Å²) in [7, 11) is -2.89. The van der Waals surface area contributed by atoms with Gasteiger partial charge in [0.25, 0.3) is 0 Å². The van der Waals surface area contributed by atoms with E-state index in [0.29, 0.717) is 13.0 Å². The molecule has 0 amide bonds. The second kappa shape index (κ2) is 6.75. The fraction of sp³-hybridized carbons (Fsp3) is 0.538. The number of sulfone groups is 1. The quantitative estimate of drug-likeness (QED) is 0.743. The van der Waals surface area contributed by atoms with E-state index in [0.717, 1.165) is 12.0 Å². The van der Waals surface area contributed by atoms with Crippen LogP contribution < -0.4 is 5.32 Å². The van der Waals surface area contributed by atoms with E-state index in [-0.39, 0.29) is 17.5 Å². The first-order valence-corrected chi connectivity index (χ1v) is 8.19. The van der Waals surface area contributed by atoms with Crippen molar-refractivity contribution >= 4 is 9.84 Å². The van der Waals surface area contributed by atoms with Crippen LogP contribution in [0.5, 0.6) is 5.75 Å². The number of hydrogen-bond donors (Lipinski definition) is 2. The zero-order valence-corrected chi connectivity index (χ0v) is 11.7. The molecule has 0 aliphatic carbocycles. The topological polar surface area (TPSA) is 66.4 Å². The molecule has 0 fully saturated rings. The Balaban J connectivity index is 2.51. The molecular weight excluding hydrogens is 250 g/mol. The van der Waals surface area contributed by atoms with Crippen LogP contribution in [0.15, 0.2) is 24.3 Å². The molecule has 0 aliphatic rings. The van der Waals surface area contributed by atoms with Gasteiger partial charge in [0.05, 0.1) is 5.75 Å². The molecule has 0 aliphatic heterocycles. The Labute approximate surface area is 109 Å². The summed E-state index contributed by atoms with van der Waals surface area (Å²) in [5.41, 5.74) is 0.861. The molecule has 2 N–H and O–H groups in total. The molecule has 102 valence electrons. The fourth-order valence-corrected chi connectivity index (χ4v) is 2.54. The predicted octanol–water partition coefficient (Wildman–Crippen LogP) is 1.87. The number of nitrogens with one attached hydrogen (secondary N) is 1. The van der Waals surface area contributed by atoms with Gasteiger partial charge in [0.2, 0.25) is 0 Å². The Bertz CT molecular complexity index is 471. The summed E-state index contributed by atoms with van der Waals surface area (Å²) in [4.78, 5) is 0. The lowest BCUT2D eigenvalue weighted by atomic mass is 10.0. The normalized spacial score (nSPS) is 13.4. The lowest BCUT2D eigenvalue weighted by Gasteiger charge is -2.18. The van der Waals surface area contributed by atoms with Crippen molar-refractivity contribution in [2.45, 2.75) is 25.8 Å². The maximum atomic E-state index is 11.0. The van der Waals surface area contributed by atoms with Gasteiger partial charge < -0.3 is 10.4 Å². The second-order valence-electron chi connectivity index (χ2n) is 4.46. The first-order chi connectivity index (χ1) is 8.44. The molecule has 0 bridgehead atoms. The van der Waals surface area contributed by atoms with Crippen LogP contribution in [-0.2, 0) is 9.84 Å². The van der Waals surface area contributed by atoms with Gasteiger partial charge in [-0.3, -0.25) is 0 Å². The smallest absolute Gasteiger partial charge is 0.147 e. The van der Waals surface area contributed by atoms with Gasteiger partial charge in [-0.1, -0.05) is 25.1 Å². The molecular formula is C13H21NO3S. The van der Waals surface area contributed by atoms with Gasteiger partial charge in [0, 0.05) is 17.9 Å². The Hall–Kier alpha value is -1.07. The number of benzene rings is 1. The summed E-state index contributed by atoms with van der Waals surface area (Å²) in [5, 5.41) is 13.0. The van der Waals surface area contributed by atoms with Crippen LogP contribution in [0.25, 0.3) is 0 Å². The van der Waals surface area contributed by atoms with Gasteiger partial charge in [0.1, 0.15) is 15.6 Å². The SMILES string of the molecule is CCC(NCCCS(C)(=O)=O)c1ccccc1O. The number of phenolic OH excluding ortho intramolecular Hbond substituents is 1. The minimum Gasteiger partial charge on any atom is -0.508 e. The van der Waals surface area contributed by atoms with Gasteiger partial charge >= 0.3 is 0 Å². The molecule has 4 nitrogen and oxygen atoms in total. The van der Waals surface area contributed by atoms with E-state index in [2.05, 4.69) is 5.32 Å². The van der Waals surface area contributed by atoms with E-state index in [1.54, 1.807) is 12.1 Å². The molecule has 18 heavy (non-hydrogen) atoms. The molecule has 1 unspecified atom stereocenters. The lowest BCUT2D eigenvalue weighted by molar-refractivity contribution is 0.441. The van der Waals surface area contributed by atoms with Gasteiger partial charge in [-0.05, 0) is 25.5 Å². The number of phenols is 1. The summed E-state index contributed by atoms with van der Waals surface area (Å²) in [6.45, 7) is 2.65. The molecule has 5 heteroatoms. The lowest BCUT2D eigenvalue weighted by Crippen LogP contribution is -2.23. The highest BCUT2D eigenvalue weighted by Crippen LogP contribution is 2.25. The van der Waals surface area contributed by atoms with E-state index < -0.39 is 9.84 Å². The van der Waals surface area contributed by atoms with Gasteiger partial charge in [-0.25, -0.2) is 8.42 Å². The maximum absolute atomic E-state index is 11.0. The Morgan fingerprint density at radius 1 is 1.33 bits per heavy atom. The maximum Gasteiger partial charge on any atom is 0.147 e. The molecule has 0 spiro atoms. The Morgan fingerprint density at radius 3 is 2.56 bits per heavy atom. The number of para-hydroxylation sites is 1. The van der Waals surface area contributed by atoms with Crippen LogP contribution in [0.2, 0.25) is 0 Å². The zero-order chi connectivity index (χ0) is 13.6. The van der Waals surface area contributed by atoms with Crippen LogP contribution in [0.4, 0.5) is 0 Å². The first kappa shape index (κ1) is 15.0. The highest BCUT2D eigenvalue weighted by Gasteiger charge is 2.12. The Kier molecular flexibility index (Phi) is 5.62. The number of aromatic hydroxyl groups is 1. The minimum atomic E-state index is -2.89. The van der Waals surface area contributed by atoms with Gasteiger partial charge in [0.15, 0.2) is 0 Å². The van der Waals surface area contributed by atoms with Crippen molar-refractivity contribution in [3.8, 4) is 5.75 Å². The Morgan fingerprint density at radius 2 is 2.00 bits per heavy atom. The fourth-order valence-electron chi connectivity index (χ4n) is 1.87. The van der Waals surface area contributed by atoms with E-state index >= 15 is 0 Å². The molecule has 0 saturated carbocycles. The summed E-state index contributed by atoms with van der Waals surface area (Å²) in [5.74, 6) is 0.469. The first-order valence-electron chi connectivity index (χ1n) is 6.13. The van der Waals surface area contributed by atoms with Crippen LogP contribution in [0, 0.1) is 0 Å². The standard InChI is InChI=1S/C13H21NO3S/c1-3-12(11-7-4-5-8-13(11)15)14-9-6-10-18(2,16)17/h4-5,7-8,12,14-15H,3,6,9-10H2,1-2H3. The monoisotopic (exact) mass is 271 g/mol. The third kappa shape index (κ3) is 5.06. The molecule has 1 rings (SSSR count). The van der Waals surface area contributed by atoms with Crippen LogP contribution in [0.3, 0.4) is 0 Å². The molecule has 1 aromatic carbocycles. The van der Waals surface area contributed by atoms with Crippen molar-refractivity contribution in [3.63, 3.8) is 0 Å². The molecule has 1 aromatic rings. The summed E-state index contributed by atoms with van der Waals surface area (Å²) >= 11 is 0. The summed E-state index contributed by atoms with van der Waals surface area (Å²) in [6.07, 6.45) is 2.67. The average molecular weight is 271 g/mol. The van der Waals surface area contributed by atoms with E-state index in [9.17, 15) is 13.5 Å². The largest absolute Gasteiger partial charge is 0.508 e. The third-order valence-electron chi connectivity index (χ3n) is 2.80. The van der Waals surface area contributed by atoms with E-state index in [1.807, 2.05) is 19.1 Å². The van der Waals surface area contributed by atoms with Gasteiger partial charge in [-0.2, -0.15) is 0 Å². The third-order valence-corrected chi connectivity index (χ3v) is 3.83.